The zero-order valence-corrected chi connectivity index (χ0v) is 11.5. The lowest BCUT2D eigenvalue weighted by Crippen LogP contribution is -2.21. The predicted octanol–water partition coefficient (Wildman–Crippen LogP) is 2.59. The van der Waals surface area contributed by atoms with Crippen LogP contribution in [0.4, 0.5) is 0 Å². The molecule has 5 nitrogen and oxygen atoms in total. The lowest BCUT2D eigenvalue weighted by Gasteiger charge is -2.17. The first kappa shape index (κ1) is 13.5. The molecule has 2 rings (SSSR count). The quantitative estimate of drug-likeness (QED) is 0.897. The van der Waals surface area contributed by atoms with Crippen LogP contribution in [0, 0.1) is 0 Å². The van der Waals surface area contributed by atoms with Gasteiger partial charge in [-0.3, -0.25) is 0 Å². The Morgan fingerprint density at radius 1 is 1.33 bits per heavy atom. The van der Waals surface area contributed by atoms with Crippen LogP contribution in [0.15, 0.2) is 4.52 Å². The van der Waals surface area contributed by atoms with Gasteiger partial charge >= 0.3 is 0 Å². The van der Waals surface area contributed by atoms with Crippen molar-refractivity contribution >= 4 is 0 Å². The highest BCUT2D eigenvalue weighted by Crippen LogP contribution is 2.20. The van der Waals surface area contributed by atoms with E-state index in [1.807, 2.05) is 20.8 Å². The third-order valence-corrected chi connectivity index (χ3v) is 2.98. The van der Waals surface area contributed by atoms with E-state index < -0.39 is 0 Å². The molecule has 0 bridgehead atoms. The van der Waals surface area contributed by atoms with Crippen LogP contribution in [0.3, 0.4) is 0 Å². The summed E-state index contributed by atoms with van der Waals surface area (Å²) in [5.41, 5.74) is -0.185. The van der Waals surface area contributed by atoms with Gasteiger partial charge in [0.2, 0.25) is 0 Å². The molecule has 1 aliphatic heterocycles. The summed E-state index contributed by atoms with van der Waals surface area (Å²) in [4.78, 5) is 4.41. The van der Waals surface area contributed by atoms with Gasteiger partial charge in [-0.25, -0.2) is 0 Å². The van der Waals surface area contributed by atoms with Crippen LogP contribution in [0.5, 0.6) is 0 Å². The molecule has 1 aromatic heterocycles. The minimum absolute atomic E-state index is 0.185. The monoisotopic (exact) mass is 253 g/mol. The largest absolute Gasteiger partial charge is 0.366 e. The second-order valence-corrected chi connectivity index (χ2v) is 5.80. The molecule has 2 heterocycles. The Hall–Kier alpha value is -0.940. The average Bonchev–Trinajstić information content (AvgIpc) is 2.60. The number of nitrogens with one attached hydrogen (secondary N) is 1. The molecule has 1 aliphatic rings. The van der Waals surface area contributed by atoms with Crippen LogP contribution < -0.4 is 5.32 Å². The fraction of sp³-hybridized carbons (Fsp3) is 0.846. The summed E-state index contributed by atoms with van der Waals surface area (Å²) >= 11 is 0. The normalized spacial score (nSPS) is 21.8. The van der Waals surface area contributed by atoms with Gasteiger partial charge in [-0.15, -0.1) is 0 Å². The molecular formula is C13H23N3O2. The van der Waals surface area contributed by atoms with Gasteiger partial charge in [0.05, 0.1) is 11.6 Å². The van der Waals surface area contributed by atoms with E-state index in [9.17, 15) is 0 Å². The van der Waals surface area contributed by atoms with Crippen molar-refractivity contribution in [3.63, 3.8) is 0 Å². The number of ether oxygens (including phenoxy) is 1. The van der Waals surface area contributed by atoms with Gasteiger partial charge in [-0.05, 0) is 40.2 Å². The van der Waals surface area contributed by atoms with E-state index >= 15 is 0 Å². The summed E-state index contributed by atoms with van der Waals surface area (Å²) in [6.07, 6.45) is 4.81. The number of hydrogen-bond acceptors (Lipinski definition) is 5. The molecule has 102 valence electrons. The van der Waals surface area contributed by atoms with Crippen molar-refractivity contribution in [2.75, 3.05) is 6.54 Å². The predicted molar refractivity (Wildman–Crippen MR) is 68.1 cm³/mol. The van der Waals surface area contributed by atoms with E-state index in [2.05, 4.69) is 15.5 Å². The average molecular weight is 253 g/mol. The minimum atomic E-state index is -0.185. The standard InChI is InChI=1S/C13H23N3O2/c1-13(2,3)17-9-11-15-12(16-18-11)10-7-5-4-6-8-14-10/h10,14H,4-9H2,1-3H3. The Balaban J connectivity index is 1.92. The highest BCUT2D eigenvalue weighted by molar-refractivity contribution is 4.94. The first-order valence-corrected chi connectivity index (χ1v) is 6.74. The second kappa shape index (κ2) is 5.80. The first-order chi connectivity index (χ1) is 8.54. The van der Waals surface area contributed by atoms with Gasteiger partial charge in [0.15, 0.2) is 5.82 Å². The van der Waals surface area contributed by atoms with Crippen LogP contribution in [-0.2, 0) is 11.3 Å². The van der Waals surface area contributed by atoms with Crippen molar-refractivity contribution in [2.45, 2.75) is 64.7 Å². The van der Waals surface area contributed by atoms with E-state index in [-0.39, 0.29) is 11.6 Å². The molecule has 0 saturated carbocycles. The highest BCUT2D eigenvalue weighted by atomic mass is 16.5. The molecule has 1 N–H and O–H groups in total. The Kier molecular flexibility index (Phi) is 4.35. The third kappa shape index (κ3) is 4.07. The molecule has 1 aromatic rings. The lowest BCUT2D eigenvalue weighted by molar-refractivity contribution is -0.0260. The Bertz CT molecular complexity index is 363. The maximum Gasteiger partial charge on any atom is 0.252 e. The van der Waals surface area contributed by atoms with Crippen LogP contribution in [0.2, 0.25) is 0 Å². The number of hydrogen-bond donors (Lipinski definition) is 1. The van der Waals surface area contributed by atoms with Gasteiger partial charge < -0.3 is 14.6 Å². The molecule has 0 aromatic carbocycles. The summed E-state index contributed by atoms with van der Waals surface area (Å²) in [6, 6.07) is 0.236. The van der Waals surface area contributed by atoms with E-state index in [1.54, 1.807) is 0 Å². The van der Waals surface area contributed by atoms with Gasteiger partial charge in [0.1, 0.15) is 6.61 Å². The Labute approximate surface area is 108 Å². The van der Waals surface area contributed by atoms with E-state index in [1.165, 1.54) is 19.3 Å². The van der Waals surface area contributed by atoms with Crippen LogP contribution in [0.25, 0.3) is 0 Å². The van der Waals surface area contributed by atoms with Crippen molar-refractivity contribution in [1.82, 2.24) is 15.5 Å². The molecule has 18 heavy (non-hydrogen) atoms. The van der Waals surface area contributed by atoms with E-state index in [0.717, 1.165) is 18.8 Å². The van der Waals surface area contributed by atoms with Crippen molar-refractivity contribution in [2.24, 2.45) is 0 Å². The molecule has 0 spiro atoms. The topological polar surface area (TPSA) is 60.2 Å². The second-order valence-electron chi connectivity index (χ2n) is 5.80. The van der Waals surface area contributed by atoms with E-state index in [4.69, 9.17) is 9.26 Å². The Morgan fingerprint density at radius 2 is 2.17 bits per heavy atom. The molecule has 0 amide bonds. The number of nitrogens with zero attached hydrogens (tertiary/aromatic N) is 2. The molecule has 1 saturated heterocycles. The summed E-state index contributed by atoms with van der Waals surface area (Å²) in [5, 5.41) is 7.51. The minimum Gasteiger partial charge on any atom is -0.366 e. The summed E-state index contributed by atoms with van der Waals surface area (Å²) in [5.74, 6) is 1.33. The van der Waals surface area contributed by atoms with Gasteiger partial charge in [0, 0.05) is 0 Å². The number of rotatable bonds is 3. The van der Waals surface area contributed by atoms with Crippen LogP contribution in [0.1, 0.15) is 64.2 Å². The highest BCUT2D eigenvalue weighted by Gasteiger charge is 2.20. The van der Waals surface area contributed by atoms with Crippen molar-refractivity contribution in [1.29, 1.82) is 0 Å². The summed E-state index contributed by atoms with van der Waals surface area (Å²) in [7, 11) is 0. The molecule has 1 atom stereocenters. The molecule has 1 fully saturated rings. The molecular weight excluding hydrogens is 230 g/mol. The zero-order valence-electron chi connectivity index (χ0n) is 11.5. The molecule has 0 aliphatic carbocycles. The molecule has 1 unspecified atom stereocenters. The SMILES string of the molecule is CC(C)(C)OCc1nc(C2CCCCCN2)no1. The molecule has 5 heteroatoms. The van der Waals surface area contributed by atoms with Gasteiger partial charge in [-0.1, -0.05) is 18.0 Å². The fourth-order valence-corrected chi connectivity index (χ4v) is 2.00. The van der Waals surface area contributed by atoms with Crippen LogP contribution >= 0.6 is 0 Å². The zero-order chi connectivity index (χ0) is 13.0. The van der Waals surface area contributed by atoms with Crippen molar-refractivity contribution in [3.8, 4) is 0 Å². The maximum absolute atomic E-state index is 5.62. The summed E-state index contributed by atoms with van der Waals surface area (Å²) < 4.78 is 10.9. The lowest BCUT2D eigenvalue weighted by atomic mass is 10.1. The summed E-state index contributed by atoms with van der Waals surface area (Å²) in [6.45, 7) is 7.45. The number of aromatic nitrogens is 2. The van der Waals surface area contributed by atoms with Crippen molar-refractivity contribution < 1.29 is 9.26 Å². The van der Waals surface area contributed by atoms with Gasteiger partial charge in [0.25, 0.3) is 5.89 Å². The third-order valence-electron chi connectivity index (χ3n) is 2.98. The fourth-order valence-electron chi connectivity index (χ4n) is 2.00. The molecule has 0 radical (unpaired) electrons. The van der Waals surface area contributed by atoms with Crippen molar-refractivity contribution in [3.05, 3.63) is 11.7 Å². The Morgan fingerprint density at radius 3 is 2.94 bits per heavy atom. The smallest absolute Gasteiger partial charge is 0.252 e. The maximum atomic E-state index is 5.62. The van der Waals surface area contributed by atoms with Crippen LogP contribution in [-0.4, -0.2) is 22.3 Å². The van der Waals surface area contributed by atoms with E-state index in [0.29, 0.717) is 12.5 Å². The first-order valence-electron chi connectivity index (χ1n) is 6.74. The van der Waals surface area contributed by atoms with Gasteiger partial charge in [-0.2, -0.15) is 4.98 Å².